The van der Waals surface area contributed by atoms with Crippen LogP contribution in [0.2, 0.25) is 0 Å². The van der Waals surface area contributed by atoms with Gasteiger partial charge in [0.1, 0.15) is 5.82 Å². The molecule has 25 heavy (non-hydrogen) atoms. The van der Waals surface area contributed by atoms with Crippen molar-refractivity contribution >= 4 is 5.91 Å². The van der Waals surface area contributed by atoms with Crippen LogP contribution in [0.3, 0.4) is 0 Å². The van der Waals surface area contributed by atoms with E-state index in [4.69, 9.17) is 4.74 Å². The van der Waals surface area contributed by atoms with Gasteiger partial charge in [0.2, 0.25) is 5.91 Å². The molecule has 2 saturated carbocycles. The number of fused-ring (bicyclic) bond motifs is 1. The van der Waals surface area contributed by atoms with Gasteiger partial charge in [0.25, 0.3) is 0 Å². The third kappa shape index (κ3) is 3.72. The van der Waals surface area contributed by atoms with E-state index >= 15 is 0 Å². The molecule has 0 bridgehead atoms. The molecular weight excluding hydrogens is 319 g/mol. The highest BCUT2D eigenvalue weighted by Gasteiger charge is 2.54. The Kier molecular flexibility index (Phi) is 5.04. The number of carbonyl (C=O) groups is 1. The van der Waals surface area contributed by atoms with Gasteiger partial charge in [-0.3, -0.25) is 9.69 Å². The second-order valence-corrected chi connectivity index (χ2v) is 7.60. The molecule has 4 atom stereocenters. The van der Waals surface area contributed by atoms with Crippen molar-refractivity contribution < 1.29 is 13.9 Å². The van der Waals surface area contributed by atoms with Crippen molar-refractivity contribution in [1.29, 1.82) is 0 Å². The Balaban J connectivity index is 1.42. The molecule has 2 unspecified atom stereocenters. The molecule has 0 spiro atoms. The molecule has 3 aliphatic rings. The molecule has 0 aromatic heterocycles. The standard InChI is InChI=1S/C20H27FN2O2/c21-15-5-3-4-14(12-15)18(23-8-10-25-11-9-23)13-22-20(24)19-16-6-1-2-7-17(16)19/h3-5,12,16-19H,1-2,6-11,13H2,(H,22,24)/t16-,17+,18?,19?. The van der Waals surface area contributed by atoms with Gasteiger partial charge in [0.15, 0.2) is 0 Å². The van der Waals surface area contributed by atoms with Crippen molar-refractivity contribution in [3.05, 3.63) is 35.6 Å². The lowest BCUT2D eigenvalue weighted by atomic mass is 10.0. The Labute approximate surface area is 148 Å². The lowest BCUT2D eigenvalue weighted by Crippen LogP contribution is -2.44. The lowest BCUT2D eigenvalue weighted by molar-refractivity contribution is -0.123. The zero-order valence-electron chi connectivity index (χ0n) is 14.6. The second kappa shape index (κ2) is 7.42. The molecule has 1 aromatic carbocycles. The van der Waals surface area contributed by atoms with Gasteiger partial charge < -0.3 is 10.1 Å². The van der Waals surface area contributed by atoms with Gasteiger partial charge >= 0.3 is 0 Å². The normalized spacial score (nSPS) is 30.4. The Morgan fingerprint density at radius 1 is 1.24 bits per heavy atom. The van der Waals surface area contributed by atoms with E-state index in [1.807, 2.05) is 6.07 Å². The number of benzene rings is 1. The van der Waals surface area contributed by atoms with Crippen LogP contribution in [-0.2, 0) is 9.53 Å². The predicted molar refractivity (Wildman–Crippen MR) is 93.5 cm³/mol. The van der Waals surface area contributed by atoms with E-state index in [2.05, 4.69) is 10.2 Å². The number of halogens is 1. The van der Waals surface area contributed by atoms with E-state index in [1.54, 1.807) is 12.1 Å². The molecule has 3 fully saturated rings. The van der Waals surface area contributed by atoms with Crippen LogP contribution in [0.4, 0.5) is 4.39 Å². The highest BCUT2D eigenvalue weighted by Crippen LogP contribution is 2.55. The van der Waals surface area contributed by atoms with Crippen LogP contribution >= 0.6 is 0 Å². The number of rotatable bonds is 5. The zero-order chi connectivity index (χ0) is 17.2. The summed E-state index contributed by atoms with van der Waals surface area (Å²) in [5, 5.41) is 3.17. The summed E-state index contributed by atoms with van der Waals surface area (Å²) < 4.78 is 19.1. The minimum absolute atomic E-state index is 0.00401. The van der Waals surface area contributed by atoms with E-state index in [0.717, 1.165) is 18.7 Å². The van der Waals surface area contributed by atoms with Crippen molar-refractivity contribution in [1.82, 2.24) is 10.2 Å². The number of morpholine rings is 1. The van der Waals surface area contributed by atoms with Gasteiger partial charge in [0.05, 0.1) is 19.3 Å². The first-order valence-electron chi connectivity index (χ1n) is 9.59. The van der Waals surface area contributed by atoms with Crippen molar-refractivity contribution in [3.63, 3.8) is 0 Å². The van der Waals surface area contributed by atoms with Gasteiger partial charge in [0, 0.05) is 25.6 Å². The molecule has 5 heteroatoms. The fraction of sp³-hybridized carbons (Fsp3) is 0.650. The van der Waals surface area contributed by atoms with Crippen molar-refractivity contribution in [2.75, 3.05) is 32.8 Å². The third-order valence-corrected chi connectivity index (χ3v) is 6.15. The van der Waals surface area contributed by atoms with Crippen LogP contribution in [0.15, 0.2) is 24.3 Å². The zero-order valence-corrected chi connectivity index (χ0v) is 14.6. The van der Waals surface area contributed by atoms with Gasteiger partial charge in [-0.1, -0.05) is 25.0 Å². The topological polar surface area (TPSA) is 41.6 Å². The van der Waals surface area contributed by atoms with E-state index < -0.39 is 0 Å². The fourth-order valence-corrected chi connectivity index (χ4v) is 4.76. The minimum atomic E-state index is -0.227. The average Bonchev–Trinajstić information content (AvgIpc) is 3.37. The molecule has 1 heterocycles. The summed E-state index contributed by atoms with van der Waals surface area (Å²) in [4.78, 5) is 14.9. The highest BCUT2D eigenvalue weighted by molar-refractivity contribution is 5.82. The molecular formula is C20H27FN2O2. The number of hydrogen-bond acceptors (Lipinski definition) is 3. The van der Waals surface area contributed by atoms with Crippen molar-refractivity contribution in [2.45, 2.75) is 31.7 Å². The Morgan fingerprint density at radius 3 is 2.64 bits per heavy atom. The smallest absolute Gasteiger partial charge is 0.223 e. The maximum absolute atomic E-state index is 13.7. The molecule has 136 valence electrons. The largest absolute Gasteiger partial charge is 0.379 e. The van der Waals surface area contributed by atoms with Crippen LogP contribution in [0.5, 0.6) is 0 Å². The van der Waals surface area contributed by atoms with E-state index in [0.29, 0.717) is 31.6 Å². The Bertz CT molecular complexity index is 605. The number of carbonyl (C=O) groups excluding carboxylic acids is 1. The molecule has 1 aromatic rings. The maximum atomic E-state index is 13.7. The number of amides is 1. The molecule has 4 nitrogen and oxygen atoms in total. The first kappa shape index (κ1) is 17.0. The van der Waals surface area contributed by atoms with Crippen molar-refractivity contribution in [2.24, 2.45) is 17.8 Å². The third-order valence-electron chi connectivity index (χ3n) is 6.15. The van der Waals surface area contributed by atoms with E-state index in [-0.39, 0.29) is 23.7 Å². The van der Waals surface area contributed by atoms with Crippen molar-refractivity contribution in [3.8, 4) is 0 Å². The minimum Gasteiger partial charge on any atom is -0.379 e. The molecule has 4 rings (SSSR count). The molecule has 2 aliphatic carbocycles. The molecule has 1 amide bonds. The summed E-state index contributed by atoms with van der Waals surface area (Å²) in [5.74, 6) is 1.43. The molecule has 1 N–H and O–H groups in total. The summed E-state index contributed by atoms with van der Waals surface area (Å²) in [6.07, 6.45) is 4.95. The van der Waals surface area contributed by atoms with E-state index in [1.165, 1.54) is 31.7 Å². The van der Waals surface area contributed by atoms with E-state index in [9.17, 15) is 9.18 Å². The van der Waals surface area contributed by atoms with Gasteiger partial charge in [-0.2, -0.15) is 0 Å². The number of hydrogen-bond donors (Lipinski definition) is 1. The quantitative estimate of drug-likeness (QED) is 0.891. The maximum Gasteiger partial charge on any atom is 0.223 e. The van der Waals surface area contributed by atoms with Crippen LogP contribution in [0.25, 0.3) is 0 Å². The van der Waals surface area contributed by atoms with Gasteiger partial charge in [-0.05, 0) is 42.4 Å². The number of nitrogens with zero attached hydrogens (tertiary/aromatic N) is 1. The summed E-state index contributed by atoms with van der Waals surface area (Å²) in [5.41, 5.74) is 0.926. The van der Waals surface area contributed by atoms with Gasteiger partial charge in [-0.15, -0.1) is 0 Å². The molecule has 1 saturated heterocycles. The summed E-state index contributed by atoms with van der Waals surface area (Å²) in [6, 6.07) is 6.75. The summed E-state index contributed by atoms with van der Waals surface area (Å²) in [6.45, 7) is 3.54. The summed E-state index contributed by atoms with van der Waals surface area (Å²) in [7, 11) is 0. The highest BCUT2D eigenvalue weighted by atomic mass is 19.1. The Hall–Kier alpha value is -1.46. The van der Waals surface area contributed by atoms with Gasteiger partial charge in [-0.25, -0.2) is 4.39 Å². The number of nitrogens with one attached hydrogen (secondary N) is 1. The molecule has 1 aliphatic heterocycles. The lowest BCUT2D eigenvalue weighted by Gasteiger charge is -2.35. The van der Waals surface area contributed by atoms with Crippen LogP contribution in [0.1, 0.15) is 37.3 Å². The second-order valence-electron chi connectivity index (χ2n) is 7.60. The van der Waals surface area contributed by atoms with Crippen LogP contribution in [0, 0.1) is 23.6 Å². The molecule has 0 radical (unpaired) electrons. The predicted octanol–water partition coefficient (Wildman–Crippen LogP) is 2.75. The average molecular weight is 346 g/mol. The van der Waals surface area contributed by atoms with Crippen LogP contribution in [-0.4, -0.2) is 43.7 Å². The Morgan fingerprint density at radius 2 is 1.96 bits per heavy atom. The van der Waals surface area contributed by atoms with Crippen LogP contribution < -0.4 is 5.32 Å². The number of ether oxygens (including phenoxy) is 1. The SMILES string of the molecule is O=C(NCC(c1cccc(F)c1)N1CCOCC1)C1[C@H]2CCCC[C@@H]12. The fourth-order valence-electron chi connectivity index (χ4n) is 4.76. The first-order chi connectivity index (χ1) is 12.2. The monoisotopic (exact) mass is 346 g/mol. The first-order valence-corrected chi connectivity index (χ1v) is 9.59. The summed E-state index contributed by atoms with van der Waals surface area (Å²) >= 11 is 0.